The summed E-state index contributed by atoms with van der Waals surface area (Å²) in [5, 5.41) is 13.9. The Morgan fingerprint density at radius 2 is 1.94 bits per heavy atom. The summed E-state index contributed by atoms with van der Waals surface area (Å²) in [6.07, 6.45) is 2.07. The van der Waals surface area contributed by atoms with Crippen molar-refractivity contribution in [3.63, 3.8) is 0 Å². The Labute approximate surface area is 108 Å². The van der Waals surface area contributed by atoms with Gasteiger partial charge in [-0.3, -0.25) is 0 Å². The minimum atomic E-state index is -1.03. The van der Waals surface area contributed by atoms with Gasteiger partial charge in [0.1, 0.15) is 6.04 Å². The fourth-order valence-corrected chi connectivity index (χ4v) is 1.29. The third kappa shape index (κ3) is 7.89. The van der Waals surface area contributed by atoms with Crippen LogP contribution in [-0.2, 0) is 9.53 Å². The molecular weight excluding hydrogens is 236 g/mol. The molecule has 18 heavy (non-hydrogen) atoms. The summed E-state index contributed by atoms with van der Waals surface area (Å²) in [7, 11) is 0. The molecule has 0 aliphatic rings. The van der Waals surface area contributed by atoms with Crippen LogP contribution in [0.25, 0.3) is 0 Å². The van der Waals surface area contributed by atoms with Crippen LogP contribution < -0.4 is 10.6 Å². The molecule has 3 N–H and O–H groups in total. The van der Waals surface area contributed by atoms with E-state index in [2.05, 4.69) is 17.6 Å². The minimum Gasteiger partial charge on any atom is -0.480 e. The van der Waals surface area contributed by atoms with Gasteiger partial charge in [0.2, 0.25) is 0 Å². The molecule has 0 aromatic rings. The van der Waals surface area contributed by atoms with Crippen molar-refractivity contribution in [2.75, 3.05) is 19.8 Å². The maximum atomic E-state index is 11.4. The van der Waals surface area contributed by atoms with Crippen molar-refractivity contribution in [2.45, 2.75) is 39.7 Å². The number of rotatable bonds is 9. The Hall–Kier alpha value is -1.30. The number of ether oxygens (including phenoxy) is 1. The Kier molecular flexibility index (Phi) is 9.00. The van der Waals surface area contributed by atoms with Crippen LogP contribution in [-0.4, -0.2) is 42.9 Å². The van der Waals surface area contributed by atoms with Gasteiger partial charge >= 0.3 is 12.0 Å². The van der Waals surface area contributed by atoms with Crippen molar-refractivity contribution in [1.82, 2.24) is 10.6 Å². The van der Waals surface area contributed by atoms with Gasteiger partial charge in [0.05, 0.1) is 6.61 Å². The van der Waals surface area contributed by atoms with Gasteiger partial charge < -0.3 is 20.5 Å². The number of carbonyl (C=O) groups is 2. The van der Waals surface area contributed by atoms with Crippen molar-refractivity contribution < 1.29 is 19.4 Å². The van der Waals surface area contributed by atoms with Gasteiger partial charge in [-0.05, 0) is 12.3 Å². The minimum absolute atomic E-state index is 0.158. The van der Waals surface area contributed by atoms with Crippen LogP contribution in [0, 0.1) is 5.92 Å². The summed E-state index contributed by atoms with van der Waals surface area (Å²) in [5.41, 5.74) is 0. The third-order valence-corrected chi connectivity index (χ3v) is 2.39. The fraction of sp³-hybridized carbons (Fsp3) is 0.833. The number of nitrogens with one attached hydrogen (secondary N) is 2. The first-order chi connectivity index (χ1) is 8.49. The number of urea groups is 1. The van der Waals surface area contributed by atoms with Gasteiger partial charge in [-0.1, -0.05) is 27.2 Å². The summed E-state index contributed by atoms with van der Waals surface area (Å²) in [6.45, 7) is 7.06. The van der Waals surface area contributed by atoms with Crippen molar-refractivity contribution in [3.05, 3.63) is 0 Å². The Balaban J connectivity index is 3.72. The molecule has 6 nitrogen and oxygen atoms in total. The van der Waals surface area contributed by atoms with Crippen molar-refractivity contribution >= 4 is 12.0 Å². The predicted molar refractivity (Wildman–Crippen MR) is 68.5 cm³/mol. The standard InChI is InChI=1S/C12H24N2O4/c1-4-5-7-18-8-6-13-12(17)14-10(9(2)3)11(15)16/h9-10H,4-8H2,1-3H3,(H,15,16)(H2,13,14,17)/t10-/m0/s1. The maximum absolute atomic E-state index is 11.4. The van der Waals surface area contributed by atoms with E-state index >= 15 is 0 Å². The summed E-state index contributed by atoms with van der Waals surface area (Å²) >= 11 is 0. The number of carbonyl (C=O) groups excluding carboxylic acids is 1. The van der Waals surface area contributed by atoms with Gasteiger partial charge in [0, 0.05) is 13.2 Å². The molecular formula is C12H24N2O4. The lowest BCUT2D eigenvalue weighted by Crippen LogP contribution is -2.49. The highest BCUT2D eigenvalue weighted by molar-refractivity contribution is 5.82. The van der Waals surface area contributed by atoms with Gasteiger partial charge in [0.25, 0.3) is 0 Å². The lowest BCUT2D eigenvalue weighted by Gasteiger charge is -2.18. The van der Waals surface area contributed by atoms with E-state index in [0.29, 0.717) is 19.8 Å². The number of amides is 2. The van der Waals surface area contributed by atoms with E-state index in [1.54, 1.807) is 13.8 Å². The quantitative estimate of drug-likeness (QED) is 0.544. The van der Waals surface area contributed by atoms with E-state index < -0.39 is 18.0 Å². The van der Waals surface area contributed by atoms with Gasteiger partial charge in [-0.25, -0.2) is 9.59 Å². The van der Waals surface area contributed by atoms with Crippen molar-refractivity contribution in [1.29, 1.82) is 0 Å². The zero-order chi connectivity index (χ0) is 14.0. The molecule has 0 aliphatic heterocycles. The fourth-order valence-electron chi connectivity index (χ4n) is 1.29. The van der Waals surface area contributed by atoms with Crippen LogP contribution in [0.3, 0.4) is 0 Å². The second-order valence-corrected chi connectivity index (χ2v) is 4.43. The molecule has 0 saturated carbocycles. The molecule has 2 amide bonds. The van der Waals surface area contributed by atoms with Crippen LogP contribution in [0.2, 0.25) is 0 Å². The molecule has 1 atom stereocenters. The molecule has 0 bridgehead atoms. The largest absolute Gasteiger partial charge is 0.480 e. The number of unbranched alkanes of at least 4 members (excludes halogenated alkanes) is 1. The highest BCUT2D eigenvalue weighted by Crippen LogP contribution is 2.00. The second-order valence-electron chi connectivity index (χ2n) is 4.43. The van der Waals surface area contributed by atoms with Gasteiger partial charge in [-0.15, -0.1) is 0 Å². The molecule has 0 spiro atoms. The zero-order valence-corrected chi connectivity index (χ0v) is 11.4. The number of hydrogen-bond donors (Lipinski definition) is 3. The highest BCUT2D eigenvalue weighted by atomic mass is 16.5. The molecule has 0 aromatic heterocycles. The van der Waals surface area contributed by atoms with Crippen LogP contribution in [0.15, 0.2) is 0 Å². The van der Waals surface area contributed by atoms with Gasteiger partial charge in [-0.2, -0.15) is 0 Å². The van der Waals surface area contributed by atoms with E-state index in [1.807, 2.05) is 0 Å². The lowest BCUT2D eigenvalue weighted by atomic mass is 10.1. The normalized spacial score (nSPS) is 12.2. The molecule has 0 aliphatic carbocycles. The summed E-state index contributed by atoms with van der Waals surface area (Å²) in [4.78, 5) is 22.3. The molecule has 106 valence electrons. The van der Waals surface area contributed by atoms with Gasteiger partial charge in [0.15, 0.2) is 0 Å². The maximum Gasteiger partial charge on any atom is 0.326 e. The zero-order valence-electron chi connectivity index (χ0n) is 11.4. The SMILES string of the molecule is CCCCOCCNC(=O)N[C@H](C(=O)O)C(C)C. The predicted octanol–water partition coefficient (Wildman–Crippen LogP) is 1.21. The molecule has 6 heteroatoms. The van der Waals surface area contributed by atoms with Crippen molar-refractivity contribution in [3.8, 4) is 0 Å². The van der Waals surface area contributed by atoms with Crippen LogP contribution in [0.1, 0.15) is 33.6 Å². The van der Waals surface area contributed by atoms with E-state index in [9.17, 15) is 9.59 Å². The summed E-state index contributed by atoms with van der Waals surface area (Å²) in [5.74, 6) is -1.19. The molecule has 0 saturated heterocycles. The van der Waals surface area contributed by atoms with E-state index in [-0.39, 0.29) is 5.92 Å². The third-order valence-electron chi connectivity index (χ3n) is 2.39. The van der Waals surface area contributed by atoms with E-state index in [0.717, 1.165) is 12.8 Å². The van der Waals surface area contributed by atoms with Crippen LogP contribution >= 0.6 is 0 Å². The lowest BCUT2D eigenvalue weighted by molar-refractivity contribution is -0.140. The molecule has 0 radical (unpaired) electrons. The first-order valence-electron chi connectivity index (χ1n) is 6.34. The Morgan fingerprint density at radius 1 is 1.28 bits per heavy atom. The van der Waals surface area contributed by atoms with E-state index in [1.165, 1.54) is 0 Å². The Morgan fingerprint density at radius 3 is 2.44 bits per heavy atom. The average molecular weight is 260 g/mol. The first-order valence-corrected chi connectivity index (χ1v) is 6.34. The highest BCUT2D eigenvalue weighted by Gasteiger charge is 2.22. The topological polar surface area (TPSA) is 87.7 Å². The number of carboxylic acid groups (broad SMARTS) is 1. The molecule has 0 fully saturated rings. The number of aliphatic carboxylic acids is 1. The second kappa shape index (κ2) is 9.70. The molecule has 0 rings (SSSR count). The number of carboxylic acids is 1. The Bertz CT molecular complexity index is 256. The smallest absolute Gasteiger partial charge is 0.326 e. The summed E-state index contributed by atoms with van der Waals surface area (Å²) < 4.78 is 5.27. The molecule has 0 aromatic carbocycles. The van der Waals surface area contributed by atoms with Crippen LogP contribution in [0.5, 0.6) is 0 Å². The van der Waals surface area contributed by atoms with E-state index in [4.69, 9.17) is 9.84 Å². The monoisotopic (exact) mass is 260 g/mol. The first kappa shape index (κ1) is 16.7. The average Bonchev–Trinajstić information content (AvgIpc) is 2.29. The summed E-state index contributed by atoms with van der Waals surface area (Å²) in [6, 6.07) is -1.35. The molecule has 0 heterocycles. The number of hydrogen-bond acceptors (Lipinski definition) is 3. The van der Waals surface area contributed by atoms with Crippen LogP contribution in [0.4, 0.5) is 4.79 Å². The van der Waals surface area contributed by atoms with Crippen molar-refractivity contribution in [2.24, 2.45) is 5.92 Å². The molecule has 0 unspecified atom stereocenters.